The first kappa shape index (κ1) is 19.2. The molecule has 23 heavy (non-hydrogen) atoms. The first-order valence-corrected chi connectivity index (χ1v) is 9.63. The predicted molar refractivity (Wildman–Crippen MR) is 99.9 cm³/mol. The van der Waals surface area contributed by atoms with Gasteiger partial charge in [0.05, 0.1) is 0 Å². The third-order valence-electron chi connectivity index (χ3n) is 8.78. The maximum atomic E-state index is 6.27. The van der Waals surface area contributed by atoms with Gasteiger partial charge in [-0.05, 0) is 79.7 Å². The van der Waals surface area contributed by atoms with Gasteiger partial charge in [-0.3, -0.25) is 0 Å². The minimum absolute atomic E-state index is 0.0325. The molecule has 0 aromatic rings. The molecule has 3 aliphatic carbocycles. The van der Waals surface area contributed by atoms with Gasteiger partial charge in [-0.25, -0.2) is 0 Å². The molecule has 3 aliphatic rings. The second-order valence-corrected chi connectivity index (χ2v) is 10.2. The highest BCUT2D eigenvalue weighted by molar-refractivity contribution is 5.15. The zero-order valence-corrected chi connectivity index (χ0v) is 16.4. The van der Waals surface area contributed by atoms with Crippen LogP contribution in [0.4, 0.5) is 0 Å². The van der Waals surface area contributed by atoms with Crippen LogP contribution in [0.3, 0.4) is 0 Å². The van der Waals surface area contributed by atoms with Crippen LogP contribution in [-0.2, 0) is 0 Å². The zero-order chi connectivity index (χ0) is 17.7. The summed E-state index contributed by atoms with van der Waals surface area (Å²) in [6.07, 6.45) is 6.46. The lowest BCUT2D eigenvalue weighted by Gasteiger charge is -2.50. The Balaban J connectivity index is 0.000000167. The van der Waals surface area contributed by atoms with Gasteiger partial charge in [0.15, 0.2) is 0 Å². The second kappa shape index (κ2) is 6.00. The Morgan fingerprint density at radius 2 is 1.43 bits per heavy atom. The molecule has 5 unspecified atom stereocenters. The van der Waals surface area contributed by atoms with Crippen LogP contribution in [0, 0.1) is 34.0 Å². The van der Waals surface area contributed by atoms with Crippen LogP contribution in [0.5, 0.6) is 0 Å². The summed E-state index contributed by atoms with van der Waals surface area (Å²) in [5, 5.41) is 0. The maximum Gasteiger partial charge on any atom is 0.0180 e. The van der Waals surface area contributed by atoms with E-state index in [4.69, 9.17) is 17.2 Å². The molecule has 3 saturated carbocycles. The summed E-state index contributed by atoms with van der Waals surface area (Å²) in [6.45, 7) is 15.6. The summed E-state index contributed by atoms with van der Waals surface area (Å²) in [7, 11) is 0. The van der Waals surface area contributed by atoms with Crippen LogP contribution in [0.15, 0.2) is 0 Å². The first-order chi connectivity index (χ1) is 10.4. The smallest absolute Gasteiger partial charge is 0.0180 e. The van der Waals surface area contributed by atoms with E-state index in [0.717, 1.165) is 31.3 Å². The van der Waals surface area contributed by atoms with E-state index in [2.05, 4.69) is 41.5 Å². The van der Waals surface area contributed by atoms with Crippen molar-refractivity contribution in [2.45, 2.75) is 79.2 Å². The van der Waals surface area contributed by atoms with Gasteiger partial charge in [0.2, 0.25) is 0 Å². The van der Waals surface area contributed by atoms with Crippen molar-refractivity contribution in [3.8, 4) is 0 Å². The normalized spacial score (nSPS) is 46.6. The number of hydrogen-bond donors (Lipinski definition) is 3. The Kier molecular flexibility index (Phi) is 5.01. The monoisotopic (exact) mass is 323 g/mol. The predicted octanol–water partition coefficient (Wildman–Crippen LogP) is 3.51. The van der Waals surface area contributed by atoms with E-state index < -0.39 is 0 Å². The maximum absolute atomic E-state index is 6.27. The number of rotatable bonds is 2. The molecule has 0 spiro atoms. The van der Waals surface area contributed by atoms with Crippen LogP contribution in [0.1, 0.15) is 73.6 Å². The quantitative estimate of drug-likeness (QED) is 0.727. The van der Waals surface area contributed by atoms with Crippen LogP contribution >= 0.6 is 0 Å². The van der Waals surface area contributed by atoms with Crippen LogP contribution in [0.2, 0.25) is 0 Å². The summed E-state index contributed by atoms with van der Waals surface area (Å²) in [6, 6.07) is 0. The second-order valence-electron chi connectivity index (χ2n) is 10.2. The highest BCUT2D eigenvalue weighted by Gasteiger charge is 2.66. The largest absolute Gasteiger partial charge is 0.330 e. The minimum Gasteiger partial charge on any atom is -0.330 e. The molecule has 0 aromatic heterocycles. The first-order valence-electron chi connectivity index (χ1n) is 9.63. The standard InChI is InChI=1S/C10H22N2.C10H19N/c1-9(2)8(7-11)5-4-6-10(9,3)12;1-9(2)8(6-11)4-7-5-10(7,9)3/h8H,4-7,11-12H2,1-3H3;7-8H,4-6,11H2,1-3H3. The molecular formula is C20H41N3. The Hall–Kier alpha value is -0.120. The van der Waals surface area contributed by atoms with Crippen molar-refractivity contribution >= 4 is 0 Å². The Morgan fingerprint density at radius 1 is 0.870 bits per heavy atom. The van der Waals surface area contributed by atoms with Crippen molar-refractivity contribution in [1.82, 2.24) is 0 Å². The lowest BCUT2D eigenvalue weighted by molar-refractivity contribution is 0.0484. The number of fused-ring (bicyclic) bond motifs is 1. The molecule has 0 radical (unpaired) electrons. The third-order valence-corrected chi connectivity index (χ3v) is 8.78. The Bertz CT molecular complexity index is 427. The van der Waals surface area contributed by atoms with Crippen LogP contribution < -0.4 is 17.2 Å². The highest BCUT2D eigenvalue weighted by atomic mass is 14.8. The number of hydrogen-bond acceptors (Lipinski definition) is 3. The summed E-state index contributed by atoms with van der Waals surface area (Å²) >= 11 is 0. The van der Waals surface area contributed by atoms with Gasteiger partial charge in [-0.1, -0.05) is 41.0 Å². The average molecular weight is 324 g/mol. The lowest BCUT2D eigenvalue weighted by atomic mass is 9.59. The lowest BCUT2D eigenvalue weighted by Crippen LogP contribution is -2.57. The fraction of sp³-hybridized carbons (Fsp3) is 1.00. The molecule has 0 amide bonds. The summed E-state index contributed by atoms with van der Waals surface area (Å²) < 4.78 is 0. The topological polar surface area (TPSA) is 78.1 Å². The molecular weight excluding hydrogens is 282 g/mol. The van der Waals surface area contributed by atoms with Crippen LogP contribution in [0.25, 0.3) is 0 Å². The van der Waals surface area contributed by atoms with Gasteiger partial charge in [0, 0.05) is 5.54 Å². The number of nitrogens with two attached hydrogens (primary N) is 3. The molecule has 3 rings (SSSR count). The molecule has 0 heterocycles. The van der Waals surface area contributed by atoms with Crippen molar-refractivity contribution in [3.63, 3.8) is 0 Å². The van der Waals surface area contributed by atoms with E-state index >= 15 is 0 Å². The highest BCUT2D eigenvalue weighted by Crippen LogP contribution is 2.73. The zero-order valence-electron chi connectivity index (χ0n) is 16.4. The molecule has 0 saturated heterocycles. The molecule has 3 heteroatoms. The molecule has 6 N–H and O–H groups in total. The van der Waals surface area contributed by atoms with Crippen molar-refractivity contribution < 1.29 is 0 Å². The van der Waals surface area contributed by atoms with Crippen molar-refractivity contribution in [2.75, 3.05) is 13.1 Å². The minimum atomic E-state index is -0.0325. The van der Waals surface area contributed by atoms with E-state index in [-0.39, 0.29) is 11.0 Å². The molecule has 3 fully saturated rings. The molecule has 136 valence electrons. The molecule has 0 aromatic carbocycles. The molecule has 3 nitrogen and oxygen atoms in total. The van der Waals surface area contributed by atoms with E-state index in [1.54, 1.807) is 0 Å². The molecule has 0 bridgehead atoms. The van der Waals surface area contributed by atoms with Crippen LogP contribution in [-0.4, -0.2) is 18.6 Å². The summed E-state index contributed by atoms with van der Waals surface area (Å²) in [5.41, 5.74) is 19.1. The fourth-order valence-corrected chi connectivity index (χ4v) is 5.36. The van der Waals surface area contributed by atoms with Crippen molar-refractivity contribution in [1.29, 1.82) is 0 Å². The van der Waals surface area contributed by atoms with E-state index in [9.17, 15) is 0 Å². The van der Waals surface area contributed by atoms with Gasteiger partial charge in [-0.15, -0.1) is 0 Å². The van der Waals surface area contributed by atoms with Gasteiger partial charge >= 0.3 is 0 Å². The van der Waals surface area contributed by atoms with E-state index in [1.165, 1.54) is 25.7 Å². The average Bonchev–Trinajstić information content (AvgIpc) is 3.07. The van der Waals surface area contributed by atoms with Gasteiger partial charge in [0.1, 0.15) is 0 Å². The Labute approximate surface area is 144 Å². The van der Waals surface area contributed by atoms with E-state index in [0.29, 0.717) is 16.7 Å². The SMILES string of the molecule is CC1(C)C(CN)CC2CC21C.CC1(N)CCCC(CN)C1(C)C. The summed E-state index contributed by atoms with van der Waals surface area (Å²) in [5.74, 6) is 2.39. The molecule has 5 atom stereocenters. The van der Waals surface area contributed by atoms with Gasteiger partial charge in [-0.2, -0.15) is 0 Å². The van der Waals surface area contributed by atoms with Gasteiger partial charge < -0.3 is 17.2 Å². The van der Waals surface area contributed by atoms with Gasteiger partial charge in [0.25, 0.3) is 0 Å². The van der Waals surface area contributed by atoms with E-state index in [1.807, 2.05) is 0 Å². The van der Waals surface area contributed by atoms with Crippen molar-refractivity contribution in [3.05, 3.63) is 0 Å². The summed E-state index contributed by atoms with van der Waals surface area (Å²) in [4.78, 5) is 0. The molecule has 0 aliphatic heterocycles. The van der Waals surface area contributed by atoms with Crippen molar-refractivity contribution in [2.24, 2.45) is 51.2 Å². The Morgan fingerprint density at radius 3 is 1.78 bits per heavy atom. The fourth-order valence-electron chi connectivity index (χ4n) is 5.36. The third kappa shape index (κ3) is 2.98.